The molecule has 1 aliphatic heterocycles. The molecular weight excluding hydrogens is 272 g/mol. The number of para-hydroxylation sites is 2. The van der Waals surface area contributed by atoms with Crippen LogP contribution in [0, 0.1) is 0 Å². The molecule has 5 heteroatoms. The number of fused-ring (bicyclic) bond motifs is 1. The van der Waals surface area contributed by atoms with E-state index in [0.29, 0.717) is 20.7 Å². The molecule has 0 amide bonds. The van der Waals surface area contributed by atoms with Gasteiger partial charge in [0, 0.05) is 0 Å². The van der Waals surface area contributed by atoms with Crippen LogP contribution in [0.1, 0.15) is 9.67 Å². The molecule has 0 saturated heterocycles. The zero-order valence-corrected chi connectivity index (χ0v) is 10.8. The van der Waals surface area contributed by atoms with Gasteiger partial charge in [0.05, 0.1) is 9.21 Å². The van der Waals surface area contributed by atoms with E-state index in [4.69, 9.17) is 21.1 Å². The molecule has 18 heavy (non-hydrogen) atoms. The van der Waals surface area contributed by atoms with E-state index < -0.39 is 6.10 Å². The second-order valence-electron chi connectivity index (χ2n) is 3.83. The van der Waals surface area contributed by atoms with Crippen molar-refractivity contribution in [1.82, 2.24) is 0 Å². The molecule has 2 heterocycles. The van der Waals surface area contributed by atoms with Gasteiger partial charge in [0.2, 0.25) is 5.78 Å². The van der Waals surface area contributed by atoms with Gasteiger partial charge in [-0.3, -0.25) is 4.79 Å². The summed E-state index contributed by atoms with van der Waals surface area (Å²) < 4.78 is 11.8. The Morgan fingerprint density at radius 2 is 2.00 bits per heavy atom. The summed E-state index contributed by atoms with van der Waals surface area (Å²) in [7, 11) is 0. The molecule has 2 aromatic rings. The molecule has 1 aromatic carbocycles. The highest BCUT2D eigenvalue weighted by Crippen LogP contribution is 2.32. The molecule has 1 aliphatic rings. The first-order chi connectivity index (χ1) is 8.74. The first-order valence-corrected chi connectivity index (χ1v) is 6.61. The van der Waals surface area contributed by atoms with Crippen LogP contribution in [-0.2, 0) is 0 Å². The first-order valence-electron chi connectivity index (χ1n) is 5.42. The Morgan fingerprint density at radius 3 is 2.72 bits per heavy atom. The predicted octanol–water partition coefficient (Wildman–Crippen LogP) is 3.42. The largest absolute Gasteiger partial charge is 0.485 e. The van der Waals surface area contributed by atoms with Gasteiger partial charge in [0.25, 0.3) is 0 Å². The Kier molecular flexibility index (Phi) is 2.97. The van der Waals surface area contributed by atoms with Crippen LogP contribution in [0.4, 0.5) is 0 Å². The van der Waals surface area contributed by atoms with Crippen molar-refractivity contribution >= 4 is 28.7 Å². The molecule has 0 fully saturated rings. The zero-order valence-electron chi connectivity index (χ0n) is 9.26. The van der Waals surface area contributed by atoms with Gasteiger partial charge in [-0.05, 0) is 24.3 Å². The fraction of sp³-hybridized carbons (Fsp3) is 0.154. The van der Waals surface area contributed by atoms with E-state index in [9.17, 15) is 4.79 Å². The lowest BCUT2D eigenvalue weighted by atomic mass is 10.2. The average molecular weight is 281 g/mol. The monoisotopic (exact) mass is 280 g/mol. The summed E-state index contributed by atoms with van der Waals surface area (Å²) in [5.74, 6) is 1.18. The molecule has 1 aromatic heterocycles. The molecule has 0 N–H and O–H groups in total. The number of benzene rings is 1. The Balaban J connectivity index is 1.82. The van der Waals surface area contributed by atoms with Crippen molar-refractivity contribution in [3.05, 3.63) is 45.6 Å². The van der Waals surface area contributed by atoms with Crippen LogP contribution in [0.25, 0.3) is 0 Å². The number of ketones is 1. The third-order valence-electron chi connectivity index (χ3n) is 2.62. The number of halogens is 1. The second-order valence-corrected chi connectivity index (χ2v) is 5.55. The lowest BCUT2D eigenvalue weighted by Gasteiger charge is -2.25. The smallest absolute Gasteiger partial charge is 0.216 e. The van der Waals surface area contributed by atoms with Crippen LogP contribution in [0.2, 0.25) is 4.34 Å². The summed E-state index contributed by atoms with van der Waals surface area (Å²) in [6.07, 6.45) is -0.602. The number of rotatable bonds is 2. The number of Topliss-reactive ketones (excluding diaryl/α,β-unsaturated/α-hetero) is 1. The summed E-state index contributed by atoms with van der Waals surface area (Å²) in [5, 5.41) is 0. The Labute approximate surface area is 113 Å². The molecule has 92 valence electrons. The highest BCUT2D eigenvalue weighted by molar-refractivity contribution is 7.18. The molecule has 0 bridgehead atoms. The van der Waals surface area contributed by atoms with Crippen molar-refractivity contribution in [2.75, 3.05) is 6.61 Å². The highest BCUT2D eigenvalue weighted by atomic mass is 35.5. The molecule has 3 rings (SSSR count). The number of ether oxygens (including phenoxy) is 2. The minimum absolute atomic E-state index is 0.0959. The van der Waals surface area contributed by atoms with Crippen LogP contribution >= 0.6 is 22.9 Å². The summed E-state index contributed by atoms with van der Waals surface area (Å²) in [6.45, 7) is 0.228. The Hall–Kier alpha value is -1.52. The fourth-order valence-electron chi connectivity index (χ4n) is 1.75. The lowest BCUT2D eigenvalue weighted by molar-refractivity contribution is 0.0590. The predicted molar refractivity (Wildman–Crippen MR) is 70.0 cm³/mol. The minimum atomic E-state index is -0.602. The van der Waals surface area contributed by atoms with Gasteiger partial charge in [-0.25, -0.2) is 0 Å². The normalized spacial score (nSPS) is 17.5. The fourth-order valence-corrected chi connectivity index (χ4v) is 2.78. The summed E-state index contributed by atoms with van der Waals surface area (Å²) in [6, 6.07) is 10.7. The average Bonchev–Trinajstić information content (AvgIpc) is 2.84. The maximum Gasteiger partial charge on any atom is 0.216 e. The van der Waals surface area contributed by atoms with Crippen LogP contribution in [0.15, 0.2) is 36.4 Å². The van der Waals surface area contributed by atoms with Crippen molar-refractivity contribution < 1.29 is 14.3 Å². The van der Waals surface area contributed by atoms with Crippen molar-refractivity contribution in [2.45, 2.75) is 6.10 Å². The maximum atomic E-state index is 12.2. The quantitative estimate of drug-likeness (QED) is 0.791. The van der Waals surface area contributed by atoms with Crippen LogP contribution < -0.4 is 9.47 Å². The maximum absolute atomic E-state index is 12.2. The van der Waals surface area contributed by atoms with Gasteiger partial charge in [0.1, 0.15) is 6.61 Å². The summed E-state index contributed by atoms with van der Waals surface area (Å²) >= 11 is 7.07. The van der Waals surface area contributed by atoms with Crippen LogP contribution in [-0.4, -0.2) is 18.5 Å². The van der Waals surface area contributed by atoms with Crippen LogP contribution in [0.5, 0.6) is 11.5 Å². The van der Waals surface area contributed by atoms with Crippen molar-refractivity contribution in [2.24, 2.45) is 0 Å². The lowest BCUT2D eigenvalue weighted by Crippen LogP contribution is -2.36. The van der Waals surface area contributed by atoms with Gasteiger partial charge in [-0.15, -0.1) is 11.3 Å². The minimum Gasteiger partial charge on any atom is -0.485 e. The SMILES string of the molecule is O=C(c1ccc(Cl)s1)C1COc2ccccc2O1. The number of carbonyl (C=O) groups is 1. The van der Waals surface area contributed by atoms with E-state index in [1.807, 2.05) is 18.2 Å². The van der Waals surface area contributed by atoms with Crippen molar-refractivity contribution in [1.29, 1.82) is 0 Å². The number of hydrogen-bond acceptors (Lipinski definition) is 4. The Morgan fingerprint density at radius 1 is 1.22 bits per heavy atom. The van der Waals surface area contributed by atoms with E-state index in [2.05, 4.69) is 0 Å². The van der Waals surface area contributed by atoms with Crippen molar-refractivity contribution in [3.63, 3.8) is 0 Å². The number of thiophene rings is 1. The second kappa shape index (κ2) is 4.63. The third-order valence-corrected chi connectivity index (χ3v) is 3.86. The van der Waals surface area contributed by atoms with E-state index in [1.165, 1.54) is 11.3 Å². The molecule has 0 saturated carbocycles. The zero-order chi connectivity index (χ0) is 12.5. The summed E-state index contributed by atoms with van der Waals surface area (Å²) in [4.78, 5) is 12.8. The third kappa shape index (κ3) is 2.09. The first kappa shape index (κ1) is 11.6. The molecule has 0 aliphatic carbocycles. The number of carbonyl (C=O) groups excluding carboxylic acids is 1. The van der Waals surface area contributed by atoms with Gasteiger partial charge < -0.3 is 9.47 Å². The van der Waals surface area contributed by atoms with Gasteiger partial charge in [0.15, 0.2) is 17.6 Å². The van der Waals surface area contributed by atoms with E-state index in [0.717, 1.165) is 0 Å². The van der Waals surface area contributed by atoms with E-state index in [-0.39, 0.29) is 12.4 Å². The Bertz CT molecular complexity index is 593. The number of hydrogen-bond donors (Lipinski definition) is 0. The molecule has 0 radical (unpaired) electrons. The molecule has 1 atom stereocenters. The molecule has 0 spiro atoms. The van der Waals surface area contributed by atoms with Crippen molar-refractivity contribution in [3.8, 4) is 11.5 Å². The van der Waals surface area contributed by atoms with E-state index in [1.54, 1.807) is 18.2 Å². The molecular formula is C13H9ClO3S. The highest BCUT2D eigenvalue weighted by Gasteiger charge is 2.28. The van der Waals surface area contributed by atoms with E-state index >= 15 is 0 Å². The molecule has 3 nitrogen and oxygen atoms in total. The summed E-state index contributed by atoms with van der Waals surface area (Å²) in [5.41, 5.74) is 0. The van der Waals surface area contributed by atoms with Crippen LogP contribution in [0.3, 0.4) is 0 Å². The standard InChI is InChI=1S/C13H9ClO3S/c14-12-6-5-11(18-12)13(15)10-7-16-8-3-1-2-4-9(8)17-10/h1-6,10H,7H2. The van der Waals surface area contributed by atoms with Gasteiger partial charge in [-0.1, -0.05) is 23.7 Å². The van der Waals surface area contributed by atoms with Gasteiger partial charge >= 0.3 is 0 Å². The molecule has 1 unspecified atom stereocenters. The van der Waals surface area contributed by atoms with Gasteiger partial charge in [-0.2, -0.15) is 0 Å². The topological polar surface area (TPSA) is 35.5 Å².